The van der Waals surface area contributed by atoms with Gasteiger partial charge in [0.2, 0.25) is 5.91 Å². The maximum absolute atomic E-state index is 13.0. The molecule has 1 saturated heterocycles. The van der Waals surface area contributed by atoms with Crippen LogP contribution in [0.1, 0.15) is 35.1 Å². The summed E-state index contributed by atoms with van der Waals surface area (Å²) in [7, 11) is 3.26. The fourth-order valence-electron chi connectivity index (χ4n) is 4.00. The van der Waals surface area contributed by atoms with E-state index < -0.39 is 0 Å². The number of hydrogen-bond acceptors (Lipinski definition) is 5. The lowest BCUT2D eigenvalue weighted by atomic mass is 10.0. The number of rotatable bonds is 7. The van der Waals surface area contributed by atoms with E-state index in [0.717, 1.165) is 41.8 Å². The Morgan fingerprint density at radius 1 is 1.07 bits per heavy atom. The van der Waals surface area contributed by atoms with Crippen LogP contribution in [0.4, 0.5) is 5.69 Å². The molecule has 1 amide bonds. The molecular weight excluding hydrogens is 402 g/mol. The number of benzene rings is 2. The number of nitrogens with zero attached hydrogens (tertiary/aromatic N) is 1. The number of methoxy groups -OCH3 is 2. The molecule has 6 nitrogen and oxygen atoms in total. The number of nitrogens with one attached hydrogen (secondary N) is 2. The van der Waals surface area contributed by atoms with E-state index in [2.05, 4.69) is 29.8 Å². The lowest BCUT2D eigenvalue weighted by Gasteiger charge is -2.25. The van der Waals surface area contributed by atoms with Gasteiger partial charge in [0, 0.05) is 18.8 Å². The number of amides is 1. The van der Waals surface area contributed by atoms with E-state index in [1.54, 1.807) is 14.2 Å². The van der Waals surface area contributed by atoms with Crippen molar-refractivity contribution in [3.63, 3.8) is 0 Å². The number of carbonyl (C=O) groups is 1. The van der Waals surface area contributed by atoms with E-state index in [0.29, 0.717) is 18.0 Å². The molecule has 2 aromatic carbocycles. The third-order valence-electron chi connectivity index (χ3n) is 5.41. The second kappa shape index (κ2) is 10.7. The molecule has 1 atom stereocenters. The van der Waals surface area contributed by atoms with Gasteiger partial charge in [-0.1, -0.05) is 23.8 Å². The maximum Gasteiger partial charge on any atom is 0.243 e. The SMILES string of the molecule is COc1ccc(CNN2CCCC2C(=O)Nc2c(C)cc(C)cc2C)cc1OC.Cl. The maximum atomic E-state index is 13.0. The molecule has 1 aliphatic rings. The number of aryl methyl sites for hydroxylation is 3. The lowest BCUT2D eigenvalue weighted by Crippen LogP contribution is -2.47. The second-order valence-corrected chi connectivity index (χ2v) is 7.64. The Morgan fingerprint density at radius 2 is 1.73 bits per heavy atom. The zero-order valence-corrected chi connectivity index (χ0v) is 19.2. The molecule has 0 aliphatic carbocycles. The number of ether oxygens (including phenoxy) is 2. The van der Waals surface area contributed by atoms with Crippen molar-refractivity contribution in [3.8, 4) is 11.5 Å². The van der Waals surface area contributed by atoms with Crippen LogP contribution in [-0.4, -0.2) is 37.7 Å². The lowest BCUT2D eigenvalue weighted by molar-refractivity contribution is -0.121. The van der Waals surface area contributed by atoms with Crippen molar-refractivity contribution in [1.29, 1.82) is 0 Å². The minimum Gasteiger partial charge on any atom is -0.493 e. The molecule has 3 rings (SSSR count). The van der Waals surface area contributed by atoms with Crippen LogP contribution < -0.4 is 20.2 Å². The van der Waals surface area contributed by atoms with Crippen molar-refractivity contribution in [3.05, 3.63) is 52.6 Å². The standard InChI is InChI=1S/C23H31N3O3.ClH/c1-15-11-16(2)22(17(3)12-15)25-23(27)19-7-6-10-26(19)24-14-18-8-9-20(28-4)21(13-18)29-5;/h8-9,11-13,19,24H,6-7,10,14H2,1-5H3,(H,25,27);1H. The molecule has 1 aliphatic heterocycles. The van der Waals surface area contributed by atoms with Crippen molar-refractivity contribution >= 4 is 24.0 Å². The minimum absolute atomic E-state index is 0. The Kier molecular flexibility index (Phi) is 8.53. The van der Waals surface area contributed by atoms with E-state index in [1.165, 1.54) is 5.56 Å². The largest absolute Gasteiger partial charge is 0.493 e. The summed E-state index contributed by atoms with van der Waals surface area (Å²) in [6.07, 6.45) is 1.83. The second-order valence-electron chi connectivity index (χ2n) is 7.64. The molecule has 1 fully saturated rings. The van der Waals surface area contributed by atoms with E-state index in [9.17, 15) is 4.79 Å². The third kappa shape index (κ3) is 5.45. The molecule has 1 heterocycles. The highest BCUT2D eigenvalue weighted by Crippen LogP contribution is 2.28. The first-order valence-electron chi connectivity index (χ1n) is 10.0. The average molecular weight is 434 g/mol. The van der Waals surface area contributed by atoms with Crippen LogP contribution in [0, 0.1) is 20.8 Å². The molecular formula is C23H32ClN3O3. The van der Waals surface area contributed by atoms with Crippen molar-refractivity contribution in [1.82, 2.24) is 10.4 Å². The first kappa shape index (κ1) is 24.0. The summed E-state index contributed by atoms with van der Waals surface area (Å²) in [5, 5.41) is 5.20. The van der Waals surface area contributed by atoms with Gasteiger partial charge in [-0.25, -0.2) is 5.01 Å². The Balaban J connectivity index is 0.00000320. The number of halogens is 1. The van der Waals surface area contributed by atoms with Crippen molar-refractivity contribution in [2.45, 2.75) is 46.2 Å². The Morgan fingerprint density at radius 3 is 2.37 bits per heavy atom. The third-order valence-corrected chi connectivity index (χ3v) is 5.41. The van der Waals surface area contributed by atoms with Crippen LogP contribution in [0.5, 0.6) is 11.5 Å². The highest BCUT2D eigenvalue weighted by atomic mass is 35.5. The van der Waals surface area contributed by atoms with Gasteiger partial charge in [-0.3, -0.25) is 10.2 Å². The molecule has 2 N–H and O–H groups in total. The van der Waals surface area contributed by atoms with E-state index in [-0.39, 0.29) is 24.4 Å². The van der Waals surface area contributed by atoms with Gasteiger partial charge in [-0.15, -0.1) is 12.4 Å². The van der Waals surface area contributed by atoms with Gasteiger partial charge in [-0.2, -0.15) is 0 Å². The van der Waals surface area contributed by atoms with Crippen LogP contribution >= 0.6 is 12.4 Å². The monoisotopic (exact) mass is 433 g/mol. The summed E-state index contributed by atoms with van der Waals surface area (Å²) in [4.78, 5) is 13.0. The van der Waals surface area contributed by atoms with Gasteiger partial charge >= 0.3 is 0 Å². The van der Waals surface area contributed by atoms with Crippen molar-refractivity contribution in [2.75, 3.05) is 26.1 Å². The molecule has 0 radical (unpaired) electrons. The van der Waals surface area contributed by atoms with E-state index in [4.69, 9.17) is 9.47 Å². The average Bonchev–Trinajstić information content (AvgIpc) is 3.17. The van der Waals surface area contributed by atoms with Crippen molar-refractivity contribution in [2.24, 2.45) is 0 Å². The van der Waals surface area contributed by atoms with Crippen LogP contribution in [0.2, 0.25) is 0 Å². The van der Waals surface area contributed by atoms with Gasteiger partial charge in [0.05, 0.1) is 14.2 Å². The predicted molar refractivity (Wildman–Crippen MR) is 123 cm³/mol. The summed E-state index contributed by atoms with van der Waals surface area (Å²) in [6, 6.07) is 9.87. The number of carbonyl (C=O) groups excluding carboxylic acids is 1. The van der Waals surface area contributed by atoms with Crippen LogP contribution in [0.15, 0.2) is 30.3 Å². The topological polar surface area (TPSA) is 62.8 Å². The molecule has 30 heavy (non-hydrogen) atoms. The molecule has 2 aromatic rings. The summed E-state index contributed by atoms with van der Waals surface area (Å²) in [5.41, 5.74) is 8.81. The highest BCUT2D eigenvalue weighted by Gasteiger charge is 2.31. The predicted octanol–water partition coefficient (Wildman–Crippen LogP) is 4.16. The molecule has 164 valence electrons. The summed E-state index contributed by atoms with van der Waals surface area (Å²) < 4.78 is 10.7. The van der Waals surface area contributed by atoms with Gasteiger partial charge in [0.25, 0.3) is 0 Å². The molecule has 0 spiro atoms. The summed E-state index contributed by atoms with van der Waals surface area (Å²) >= 11 is 0. The quantitative estimate of drug-likeness (QED) is 0.686. The van der Waals surface area contributed by atoms with Gasteiger partial charge in [-0.05, 0) is 62.4 Å². The van der Waals surface area contributed by atoms with E-state index >= 15 is 0 Å². The zero-order valence-electron chi connectivity index (χ0n) is 18.4. The summed E-state index contributed by atoms with van der Waals surface area (Å²) in [6.45, 7) is 7.61. The molecule has 7 heteroatoms. The Hall–Kier alpha value is -2.28. The Bertz CT molecular complexity index is 865. The Labute approximate surface area is 185 Å². The highest BCUT2D eigenvalue weighted by molar-refractivity contribution is 5.96. The fourth-order valence-corrected chi connectivity index (χ4v) is 4.00. The van der Waals surface area contributed by atoms with Crippen LogP contribution in [0.25, 0.3) is 0 Å². The van der Waals surface area contributed by atoms with Gasteiger partial charge < -0.3 is 14.8 Å². The number of anilines is 1. The first-order valence-corrected chi connectivity index (χ1v) is 10.0. The molecule has 0 saturated carbocycles. The zero-order chi connectivity index (χ0) is 21.0. The number of hydrazine groups is 1. The summed E-state index contributed by atoms with van der Waals surface area (Å²) in [5.74, 6) is 1.45. The van der Waals surface area contributed by atoms with E-state index in [1.807, 2.05) is 37.1 Å². The molecule has 0 aromatic heterocycles. The molecule has 0 bridgehead atoms. The minimum atomic E-state index is -0.185. The number of hydrogen-bond donors (Lipinski definition) is 2. The first-order chi connectivity index (χ1) is 13.9. The smallest absolute Gasteiger partial charge is 0.243 e. The molecule has 1 unspecified atom stereocenters. The fraction of sp³-hybridized carbons (Fsp3) is 0.435. The van der Waals surface area contributed by atoms with Gasteiger partial charge in [0.15, 0.2) is 11.5 Å². The van der Waals surface area contributed by atoms with Crippen LogP contribution in [0.3, 0.4) is 0 Å². The van der Waals surface area contributed by atoms with Crippen molar-refractivity contribution < 1.29 is 14.3 Å². The van der Waals surface area contributed by atoms with Crippen LogP contribution in [-0.2, 0) is 11.3 Å². The normalized spacial score (nSPS) is 16.1. The van der Waals surface area contributed by atoms with Gasteiger partial charge in [0.1, 0.15) is 6.04 Å².